The van der Waals surface area contributed by atoms with Crippen LogP contribution in [0.2, 0.25) is 5.02 Å². The quantitative estimate of drug-likeness (QED) is 0.239. The summed E-state index contributed by atoms with van der Waals surface area (Å²) in [4.78, 5) is 20.7. The highest BCUT2D eigenvalue weighted by atomic mass is 79.9. The molecule has 4 aromatic rings. The number of nitrogens with zero attached hydrogens (tertiary/aromatic N) is 4. The number of aromatic nitrogens is 4. The fraction of sp³-hybridized carbons (Fsp3) is 0.130. The molecule has 33 heavy (non-hydrogen) atoms. The minimum atomic E-state index is -0.219. The number of carbonyl (C=O) groups is 1. The molecule has 0 saturated heterocycles. The van der Waals surface area contributed by atoms with E-state index >= 15 is 0 Å². The van der Waals surface area contributed by atoms with E-state index in [1.807, 2.05) is 31.2 Å². The molecule has 0 spiro atoms. The molecule has 0 saturated carbocycles. The molecule has 3 aromatic heterocycles. The van der Waals surface area contributed by atoms with Crippen LogP contribution in [0.25, 0.3) is 5.52 Å². The third kappa shape index (κ3) is 5.50. The summed E-state index contributed by atoms with van der Waals surface area (Å²) in [6.45, 7) is 2.22. The molecule has 3 heterocycles. The van der Waals surface area contributed by atoms with Gasteiger partial charge in [-0.1, -0.05) is 39.7 Å². The topological polar surface area (TPSA) is 93.4 Å². The number of allylic oxidation sites excluding steroid dienone is 1. The molecule has 10 heteroatoms. The molecule has 1 aromatic carbocycles. The monoisotopic (exact) mass is 526 g/mol. The summed E-state index contributed by atoms with van der Waals surface area (Å²) in [7, 11) is 0. The number of fused-ring (bicyclic) bond motifs is 1. The molecule has 1 amide bonds. The Bertz CT molecular complexity index is 1310. The second kappa shape index (κ2) is 10.5. The molecule has 168 valence electrons. The van der Waals surface area contributed by atoms with Crippen LogP contribution in [0.4, 0.5) is 17.2 Å². The number of nitrogens with one attached hydrogen (secondary N) is 2. The highest BCUT2D eigenvalue weighted by Gasteiger charge is 2.15. The molecule has 4 rings (SSSR count). The summed E-state index contributed by atoms with van der Waals surface area (Å²) < 4.78 is 7.45. The maximum absolute atomic E-state index is 12.1. The first-order valence-corrected chi connectivity index (χ1v) is 11.5. The van der Waals surface area contributed by atoms with Crippen LogP contribution in [0.1, 0.15) is 11.3 Å². The summed E-state index contributed by atoms with van der Waals surface area (Å²) in [6, 6.07) is 11.1. The van der Waals surface area contributed by atoms with Gasteiger partial charge in [0.05, 0.1) is 22.6 Å². The minimum absolute atomic E-state index is 0.219. The molecule has 0 radical (unpaired) electrons. The number of pyridine rings is 1. The van der Waals surface area contributed by atoms with Crippen LogP contribution >= 0.6 is 27.5 Å². The molecule has 0 aliphatic heterocycles. The number of anilines is 3. The SMILES string of the molecule is Cc1c(NC(=O)/C=C/CBr)cn2ncnc(Nc3ccc(OCc4ccccn4)c(Cl)c3)c12. The Labute approximate surface area is 203 Å². The molecule has 0 aliphatic rings. The molecule has 0 atom stereocenters. The zero-order chi connectivity index (χ0) is 23.2. The Morgan fingerprint density at radius 1 is 1.27 bits per heavy atom. The molecular formula is C23H20BrClN6O2. The van der Waals surface area contributed by atoms with Gasteiger partial charge in [-0.3, -0.25) is 9.78 Å². The lowest BCUT2D eigenvalue weighted by Gasteiger charge is -2.11. The van der Waals surface area contributed by atoms with E-state index in [-0.39, 0.29) is 5.91 Å². The number of halogens is 2. The second-order valence-electron chi connectivity index (χ2n) is 7.00. The van der Waals surface area contributed by atoms with E-state index in [0.717, 1.165) is 22.5 Å². The van der Waals surface area contributed by atoms with Crippen molar-refractivity contribution in [2.75, 3.05) is 16.0 Å². The summed E-state index contributed by atoms with van der Waals surface area (Å²) in [6.07, 6.45) is 8.10. The highest BCUT2D eigenvalue weighted by Crippen LogP contribution is 2.32. The number of amides is 1. The van der Waals surface area contributed by atoms with E-state index < -0.39 is 0 Å². The van der Waals surface area contributed by atoms with Crippen molar-refractivity contribution in [3.63, 3.8) is 0 Å². The van der Waals surface area contributed by atoms with Crippen LogP contribution in [-0.2, 0) is 11.4 Å². The van der Waals surface area contributed by atoms with Crippen molar-refractivity contribution in [3.05, 3.63) is 83.6 Å². The number of aryl methyl sites for hydroxylation is 1. The van der Waals surface area contributed by atoms with Gasteiger partial charge in [-0.25, -0.2) is 9.50 Å². The van der Waals surface area contributed by atoms with Gasteiger partial charge in [0.1, 0.15) is 24.2 Å². The minimum Gasteiger partial charge on any atom is -0.486 e. The Kier molecular flexibility index (Phi) is 7.21. The van der Waals surface area contributed by atoms with Crippen LogP contribution in [0.15, 0.2) is 67.3 Å². The van der Waals surface area contributed by atoms with Gasteiger partial charge in [-0.15, -0.1) is 0 Å². The Morgan fingerprint density at radius 2 is 2.15 bits per heavy atom. The summed E-state index contributed by atoms with van der Waals surface area (Å²) >= 11 is 9.69. The number of ether oxygens (including phenoxy) is 1. The van der Waals surface area contributed by atoms with Crippen molar-refractivity contribution in [1.82, 2.24) is 19.6 Å². The van der Waals surface area contributed by atoms with Crippen molar-refractivity contribution < 1.29 is 9.53 Å². The van der Waals surface area contributed by atoms with Gasteiger partial charge >= 0.3 is 0 Å². The van der Waals surface area contributed by atoms with Crippen LogP contribution in [0.3, 0.4) is 0 Å². The van der Waals surface area contributed by atoms with Crippen molar-refractivity contribution in [2.24, 2.45) is 0 Å². The summed E-state index contributed by atoms with van der Waals surface area (Å²) in [5.74, 6) is 0.919. The highest BCUT2D eigenvalue weighted by molar-refractivity contribution is 9.09. The summed E-state index contributed by atoms with van der Waals surface area (Å²) in [5.41, 5.74) is 3.77. The van der Waals surface area contributed by atoms with Gasteiger partial charge in [-0.2, -0.15) is 5.10 Å². The second-order valence-corrected chi connectivity index (χ2v) is 8.05. The molecule has 2 N–H and O–H groups in total. The van der Waals surface area contributed by atoms with E-state index in [1.165, 1.54) is 12.4 Å². The van der Waals surface area contributed by atoms with Crippen molar-refractivity contribution in [2.45, 2.75) is 13.5 Å². The number of hydrogen-bond acceptors (Lipinski definition) is 6. The van der Waals surface area contributed by atoms with Crippen molar-refractivity contribution in [1.29, 1.82) is 0 Å². The first kappa shape index (κ1) is 22.8. The van der Waals surface area contributed by atoms with Gasteiger partial charge < -0.3 is 15.4 Å². The zero-order valence-electron chi connectivity index (χ0n) is 17.6. The number of benzene rings is 1. The molecule has 0 fully saturated rings. The van der Waals surface area contributed by atoms with E-state index in [0.29, 0.717) is 34.2 Å². The van der Waals surface area contributed by atoms with Gasteiger partial charge in [0, 0.05) is 28.9 Å². The summed E-state index contributed by atoms with van der Waals surface area (Å²) in [5, 5.41) is 11.5. The van der Waals surface area contributed by atoms with E-state index in [1.54, 1.807) is 35.1 Å². The Hall–Kier alpha value is -3.43. The van der Waals surface area contributed by atoms with Gasteiger partial charge in [-0.05, 0) is 37.3 Å². The number of hydrogen-bond donors (Lipinski definition) is 2. The molecule has 0 aliphatic carbocycles. The number of carbonyl (C=O) groups excluding carboxylic acids is 1. The standard InChI is InChI=1S/C23H20BrClN6O2/c1-15-19(30-21(32)6-4-9-24)12-31-22(15)23(27-14-28-31)29-16-7-8-20(18(25)11-16)33-13-17-5-2-3-10-26-17/h2-8,10-12,14H,9,13H2,1H3,(H,30,32)(H,27,28,29)/b6-4+. The maximum atomic E-state index is 12.1. The molecular weight excluding hydrogens is 508 g/mol. The van der Waals surface area contributed by atoms with E-state index in [4.69, 9.17) is 16.3 Å². The fourth-order valence-corrected chi connectivity index (χ4v) is 3.59. The van der Waals surface area contributed by atoms with E-state index in [2.05, 4.69) is 41.6 Å². The first-order valence-electron chi connectivity index (χ1n) is 10.0. The zero-order valence-corrected chi connectivity index (χ0v) is 20.0. The van der Waals surface area contributed by atoms with E-state index in [9.17, 15) is 4.79 Å². The third-order valence-electron chi connectivity index (χ3n) is 4.74. The van der Waals surface area contributed by atoms with Gasteiger partial charge in [0.25, 0.3) is 0 Å². The molecule has 8 nitrogen and oxygen atoms in total. The van der Waals surface area contributed by atoms with Crippen molar-refractivity contribution >= 4 is 56.1 Å². The predicted octanol–water partition coefficient (Wildman–Crippen LogP) is 5.30. The fourth-order valence-electron chi connectivity index (χ4n) is 3.17. The average Bonchev–Trinajstić information content (AvgIpc) is 3.13. The lowest BCUT2D eigenvalue weighted by Crippen LogP contribution is -2.08. The Balaban J connectivity index is 1.53. The van der Waals surface area contributed by atoms with Gasteiger partial charge in [0.2, 0.25) is 5.91 Å². The average molecular weight is 528 g/mol. The van der Waals surface area contributed by atoms with Crippen molar-refractivity contribution in [3.8, 4) is 5.75 Å². The largest absolute Gasteiger partial charge is 0.486 e. The van der Waals surface area contributed by atoms with Gasteiger partial charge in [0.15, 0.2) is 5.82 Å². The predicted molar refractivity (Wildman–Crippen MR) is 133 cm³/mol. The third-order valence-corrected chi connectivity index (χ3v) is 5.41. The maximum Gasteiger partial charge on any atom is 0.248 e. The Morgan fingerprint density at radius 3 is 2.91 bits per heavy atom. The number of rotatable bonds is 8. The van der Waals surface area contributed by atoms with Crippen LogP contribution < -0.4 is 15.4 Å². The molecule has 0 unspecified atom stereocenters. The lowest BCUT2D eigenvalue weighted by atomic mass is 10.2. The smallest absolute Gasteiger partial charge is 0.248 e. The first-order chi connectivity index (χ1) is 16.0. The number of alkyl halides is 1. The molecule has 0 bridgehead atoms. The van der Waals surface area contributed by atoms with Crippen LogP contribution in [0.5, 0.6) is 5.75 Å². The normalized spacial score (nSPS) is 11.1. The lowest BCUT2D eigenvalue weighted by molar-refractivity contribution is -0.111. The van der Waals surface area contributed by atoms with Crippen LogP contribution in [0, 0.1) is 6.92 Å². The van der Waals surface area contributed by atoms with Crippen LogP contribution in [-0.4, -0.2) is 30.8 Å².